The van der Waals surface area contributed by atoms with Crippen LogP contribution < -0.4 is 4.74 Å². The van der Waals surface area contributed by atoms with Crippen LogP contribution in [0.3, 0.4) is 0 Å². The van der Waals surface area contributed by atoms with Gasteiger partial charge in [-0.05, 0) is 31.5 Å². The van der Waals surface area contributed by atoms with Crippen LogP contribution in [0.15, 0.2) is 24.3 Å². The highest BCUT2D eigenvalue weighted by molar-refractivity contribution is 5.72. The van der Waals surface area contributed by atoms with E-state index in [0.717, 1.165) is 5.56 Å². The SMILES string of the molecule is Cc1cccc(O[C@H](C)C(=O)O)c1. The van der Waals surface area contributed by atoms with Crippen molar-refractivity contribution >= 4 is 5.97 Å². The van der Waals surface area contributed by atoms with Crippen molar-refractivity contribution in [1.29, 1.82) is 0 Å². The molecule has 3 nitrogen and oxygen atoms in total. The second kappa shape index (κ2) is 3.94. The van der Waals surface area contributed by atoms with E-state index in [2.05, 4.69) is 0 Å². The summed E-state index contributed by atoms with van der Waals surface area (Å²) in [5.41, 5.74) is 1.05. The average molecular weight is 180 g/mol. The van der Waals surface area contributed by atoms with Crippen LogP contribution in [0, 0.1) is 6.92 Å². The zero-order chi connectivity index (χ0) is 9.84. The van der Waals surface area contributed by atoms with E-state index in [1.807, 2.05) is 19.1 Å². The maximum Gasteiger partial charge on any atom is 0.344 e. The van der Waals surface area contributed by atoms with Gasteiger partial charge in [-0.3, -0.25) is 0 Å². The lowest BCUT2D eigenvalue weighted by Gasteiger charge is -2.10. The fourth-order valence-corrected chi connectivity index (χ4v) is 0.943. The van der Waals surface area contributed by atoms with Crippen molar-refractivity contribution < 1.29 is 14.6 Å². The second-order valence-electron chi connectivity index (χ2n) is 2.91. The Hall–Kier alpha value is -1.51. The molecule has 0 fully saturated rings. The van der Waals surface area contributed by atoms with Gasteiger partial charge in [0, 0.05) is 0 Å². The summed E-state index contributed by atoms with van der Waals surface area (Å²) in [6.45, 7) is 3.43. The molecule has 3 heteroatoms. The number of carboxylic acids is 1. The summed E-state index contributed by atoms with van der Waals surface area (Å²) in [5, 5.41) is 8.59. The van der Waals surface area contributed by atoms with Crippen molar-refractivity contribution in [3.05, 3.63) is 29.8 Å². The molecule has 0 bridgehead atoms. The van der Waals surface area contributed by atoms with Crippen LogP contribution in [0.1, 0.15) is 12.5 Å². The molecule has 0 radical (unpaired) electrons. The number of rotatable bonds is 3. The van der Waals surface area contributed by atoms with E-state index >= 15 is 0 Å². The van der Waals surface area contributed by atoms with Crippen molar-refractivity contribution in [2.45, 2.75) is 20.0 Å². The van der Waals surface area contributed by atoms with Crippen LogP contribution in [0.5, 0.6) is 5.75 Å². The van der Waals surface area contributed by atoms with Crippen molar-refractivity contribution in [3.8, 4) is 5.75 Å². The molecule has 1 rings (SSSR count). The highest BCUT2D eigenvalue weighted by Crippen LogP contribution is 2.13. The monoisotopic (exact) mass is 180 g/mol. The van der Waals surface area contributed by atoms with E-state index in [1.165, 1.54) is 6.92 Å². The number of carboxylic acid groups (broad SMARTS) is 1. The van der Waals surface area contributed by atoms with Crippen LogP contribution >= 0.6 is 0 Å². The minimum atomic E-state index is -0.957. The summed E-state index contributed by atoms with van der Waals surface area (Å²) in [4.78, 5) is 10.5. The summed E-state index contributed by atoms with van der Waals surface area (Å²) in [6.07, 6.45) is -0.804. The van der Waals surface area contributed by atoms with Gasteiger partial charge in [0.25, 0.3) is 0 Å². The van der Waals surface area contributed by atoms with Crippen molar-refractivity contribution in [2.24, 2.45) is 0 Å². The van der Waals surface area contributed by atoms with Crippen LogP contribution in [0.25, 0.3) is 0 Å². The van der Waals surface area contributed by atoms with E-state index in [-0.39, 0.29) is 0 Å². The number of aryl methyl sites for hydroxylation is 1. The molecule has 0 aliphatic rings. The van der Waals surface area contributed by atoms with Gasteiger partial charge >= 0.3 is 5.97 Å². The van der Waals surface area contributed by atoms with Gasteiger partial charge in [-0.25, -0.2) is 4.79 Å². The summed E-state index contributed by atoms with van der Waals surface area (Å²) in [5.74, 6) is -0.364. The predicted octanol–water partition coefficient (Wildman–Crippen LogP) is 1.85. The van der Waals surface area contributed by atoms with Gasteiger partial charge in [0.15, 0.2) is 6.10 Å². The van der Waals surface area contributed by atoms with Crippen molar-refractivity contribution in [2.75, 3.05) is 0 Å². The molecule has 13 heavy (non-hydrogen) atoms. The second-order valence-corrected chi connectivity index (χ2v) is 2.91. The van der Waals surface area contributed by atoms with Gasteiger partial charge < -0.3 is 9.84 Å². The Bertz CT molecular complexity index is 307. The van der Waals surface area contributed by atoms with Gasteiger partial charge in [-0.1, -0.05) is 12.1 Å². The van der Waals surface area contributed by atoms with Gasteiger partial charge in [-0.15, -0.1) is 0 Å². The van der Waals surface area contributed by atoms with E-state index < -0.39 is 12.1 Å². The van der Waals surface area contributed by atoms with Gasteiger partial charge in [0.1, 0.15) is 5.75 Å². The smallest absolute Gasteiger partial charge is 0.344 e. The normalized spacial score (nSPS) is 12.2. The third-order valence-corrected chi connectivity index (χ3v) is 1.65. The molecule has 0 saturated carbocycles. The molecule has 0 heterocycles. The average Bonchev–Trinajstić information content (AvgIpc) is 2.04. The fourth-order valence-electron chi connectivity index (χ4n) is 0.943. The standard InChI is InChI=1S/C10H12O3/c1-7-4-3-5-9(6-7)13-8(2)10(11)12/h3-6,8H,1-2H3,(H,11,12)/t8-/m1/s1. The molecule has 1 aromatic carbocycles. The highest BCUT2D eigenvalue weighted by atomic mass is 16.5. The Labute approximate surface area is 77.0 Å². The molecule has 0 aliphatic carbocycles. The van der Waals surface area contributed by atoms with Gasteiger partial charge in [-0.2, -0.15) is 0 Å². The first-order valence-electron chi connectivity index (χ1n) is 4.05. The molecule has 0 aromatic heterocycles. The Morgan fingerprint density at radius 2 is 2.23 bits per heavy atom. The molecule has 0 spiro atoms. The molecule has 0 unspecified atom stereocenters. The third-order valence-electron chi connectivity index (χ3n) is 1.65. The number of carbonyl (C=O) groups is 1. The molecule has 70 valence electrons. The van der Waals surface area contributed by atoms with E-state index in [9.17, 15) is 4.79 Å². The first-order valence-corrected chi connectivity index (χ1v) is 4.05. The topological polar surface area (TPSA) is 46.5 Å². The molecule has 0 aliphatic heterocycles. The Balaban J connectivity index is 2.69. The maximum atomic E-state index is 10.5. The van der Waals surface area contributed by atoms with E-state index in [0.29, 0.717) is 5.75 Å². The summed E-state index contributed by atoms with van der Waals surface area (Å²) in [6, 6.07) is 7.31. The molecule has 1 N–H and O–H groups in total. The fraction of sp³-hybridized carbons (Fsp3) is 0.300. The van der Waals surface area contributed by atoms with Crippen molar-refractivity contribution in [3.63, 3.8) is 0 Å². The zero-order valence-electron chi connectivity index (χ0n) is 7.65. The summed E-state index contributed by atoms with van der Waals surface area (Å²) in [7, 11) is 0. The van der Waals surface area contributed by atoms with Crippen molar-refractivity contribution in [1.82, 2.24) is 0 Å². The van der Waals surface area contributed by atoms with Crippen LogP contribution in [0.4, 0.5) is 0 Å². The third kappa shape index (κ3) is 2.78. The zero-order valence-corrected chi connectivity index (χ0v) is 7.65. The highest BCUT2D eigenvalue weighted by Gasteiger charge is 2.11. The first-order chi connectivity index (χ1) is 6.09. The number of aliphatic carboxylic acids is 1. The van der Waals surface area contributed by atoms with Crippen LogP contribution in [-0.2, 0) is 4.79 Å². The number of benzene rings is 1. The maximum absolute atomic E-state index is 10.5. The molecular formula is C10H12O3. The van der Waals surface area contributed by atoms with E-state index in [1.54, 1.807) is 12.1 Å². The number of ether oxygens (including phenoxy) is 1. The lowest BCUT2D eigenvalue weighted by molar-refractivity contribution is -0.144. The lowest BCUT2D eigenvalue weighted by Crippen LogP contribution is -2.22. The van der Waals surface area contributed by atoms with E-state index in [4.69, 9.17) is 9.84 Å². The largest absolute Gasteiger partial charge is 0.479 e. The number of hydrogen-bond acceptors (Lipinski definition) is 2. The Morgan fingerprint density at radius 1 is 1.54 bits per heavy atom. The lowest BCUT2D eigenvalue weighted by atomic mass is 10.2. The summed E-state index contributed by atoms with van der Waals surface area (Å²) < 4.78 is 5.16. The summed E-state index contributed by atoms with van der Waals surface area (Å²) >= 11 is 0. The minimum Gasteiger partial charge on any atom is -0.479 e. The van der Waals surface area contributed by atoms with Crippen LogP contribution in [-0.4, -0.2) is 17.2 Å². The van der Waals surface area contributed by atoms with Gasteiger partial charge in [0.2, 0.25) is 0 Å². The molecule has 0 saturated heterocycles. The Morgan fingerprint density at radius 3 is 2.77 bits per heavy atom. The van der Waals surface area contributed by atoms with Gasteiger partial charge in [0.05, 0.1) is 0 Å². The molecule has 0 amide bonds. The molecular weight excluding hydrogens is 168 g/mol. The Kier molecular flexibility index (Phi) is 2.90. The molecule has 1 aromatic rings. The number of hydrogen-bond donors (Lipinski definition) is 1. The minimum absolute atomic E-state index is 0.593. The molecule has 1 atom stereocenters. The first kappa shape index (κ1) is 9.58. The van der Waals surface area contributed by atoms with Crippen LogP contribution in [0.2, 0.25) is 0 Å². The predicted molar refractivity (Wildman–Crippen MR) is 48.9 cm³/mol. The quantitative estimate of drug-likeness (QED) is 0.772.